The first kappa shape index (κ1) is 21.0. The fourth-order valence-corrected chi connectivity index (χ4v) is 3.37. The molecule has 0 spiro atoms. The molecule has 2 rings (SSSR count). The monoisotopic (exact) mass is 384 g/mol. The summed E-state index contributed by atoms with van der Waals surface area (Å²) in [6.07, 6.45) is 0. The smallest absolute Gasteiger partial charge is 0.230 e. The second-order valence-electron chi connectivity index (χ2n) is 7.66. The Labute approximate surface area is 166 Å². The average Bonchev–Trinajstić information content (AvgIpc) is 2.59. The van der Waals surface area contributed by atoms with E-state index in [0.717, 1.165) is 16.1 Å². The van der Waals surface area contributed by atoms with E-state index in [4.69, 9.17) is 0 Å². The van der Waals surface area contributed by atoms with Crippen molar-refractivity contribution in [3.63, 3.8) is 0 Å². The van der Waals surface area contributed by atoms with E-state index in [0.29, 0.717) is 5.75 Å². The number of amides is 2. The van der Waals surface area contributed by atoms with Crippen molar-refractivity contribution < 1.29 is 9.59 Å². The van der Waals surface area contributed by atoms with Gasteiger partial charge in [-0.1, -0.05) is 45.0 Å². The Bertz CT molecular complexity index is 795. The number of benzene rings is 2. The number of anilines is 1. The van der Waals surface area contributed by atoms with Crippen molar-refractivity contribution in [2.45, 2.75) is 51.0 Å². The van der Waals surface area contributed by atoms with Crippen molar-refractivity contribution >= 4 is 29.3 Å². The second kappa shape index (κ2) is 9.09. The molecule has 0 aliphatic rings. The number of nitrogens with one attached hydrogen (secondary N) is 2. The van der Waals surface area contributed by atoms with Crippen molar-refractivity contribution in [3.05, 3.63) is 59.7 Å². The van der Waals surface area contributed by atoms with E-state index in [9.17, 15) is 9.59 Å². The summed E-state index contributed by atoms with van der Waals surface area (Å²) in [6, 6.07) is 15.8. The van der Waals surface area contributed by atoms with Crippen molar-refractivity contribution in [2.24, 2.45) is 0 Å². The molecule has 0 aliphatic heterocycles. The summed E-state index contributed by atoms with van der Waals surface area (Å²) in [5, 5.41) is 5.77. The Morgan fingerprint density at radius 1 is 1.07 bits per heavy atom. The number of hydrogen-bond donors (Lipinski definition) is 2. The van der Waals surface area contributed by atoms with Gasteiger partial charge in [0, 0.05) is 17.5 Å². The highest BCUT2D eigenvalue weighted by Gasteiger charge is 2.14. The van der Waals surface area contributed by atoms with E-state index >= 15 is 0 Å². The molecule has 0 aromatic heterocycles. The minimum atomic E-state index is -0.130. The third-order valence-corrected chi connectivity index (χ3v) is 5.19. The molecule has 0 radical (unpaired) electrons. The van der Waals surface area contributed by atoms with Gasteiger partial charge in [0.2, 0.25) is 11.8 Å². The standard InChI is InChI=1S/C22H28N2O2S/c1-15(17-7-6-8-19(13-17)24-16(2)25)23-21(26)14-27-20-11-9-18(10-12-20)22(3,4)5/h6-13,15H,14H2,1-5H3,(H,23,26)(H,24,25). The SMILES string of the molecule is CC(=O)Nc1cccc(C(C)NC(=O)CSc2ccc(C(C)(C)C)cc2)c1. The van der Waals surface area contributed by atoms with Crippen LogP contribution < -0.4 is 10.6 Å². The molecule has 5 heteroatoms. The molecule has 2 N–H and O–H groups in total. The lowest BCUT2D eigenvalue weighted by Gasteiger charge is -2.19. The van der Waals surface area contributed by atoms with Crippen LogP contribution in [0.4, 0.5) is 5.69 Å². The summed E-state index contributed by atoms with van der Waals surface area (Å²) < 4.78 is 0. The lowest BCUT2D eigenvalue weighted by atomic mass is 9.87. The zero-order valence-electron chi connectivity index (χ0n) is 16.6. The van der Waals surface area contributed by atoms with Crippen LogP contribution in [0.2, 0.25) is 0 Å². The molecule has 144 valence electrons. The van der Waals surface area contributed by atoms with Gasteiger partial charge in [0.15, 0.2) is 0 Å². The summed E-state index contributed by atoms with van der Waals surface area (Å²) in [5.74, 6) is 0.236. The molecule has 4 nitrogen and oxygen atoms in total. The maximum Gasteiger partial charge on any atom is 0.230 e. The first-order chi connectivity index (χ1) is 12.6. The average molecular weight is 385 g/mol. The van der Waals surface area contributed by atoms with Gasteiger partial charge in [0.05, 0.1) is 11.8 Å². The number of carbonyl (C=O) groups is 2. The van der Waals surface area contributed by atoms with Crippen molar-refractivity contribution in [3.8, 4) is 0 Å². The Hall–Kier alpha value is -2.27. The van der Waals surface area contributed by atoms with Crippen LogP contribution in [0.1, 0.15) is 51.8 Å². The molecule has 2 aromatic rings. The van der Waals surface area contributed by atoms with E-state index in [2.05, 4.69) is 55.7 Å². The minimum Gasteiger partial charge on any atom is -0.349 e. The predicted octanol–water partition coefficient (Wildman–Crippen LogP) is 4.91. The van der Waals surface area contributed by atoms with Crippen LogP contribution in [0.25, 0.3) is 0 Å². The molecule has 1 atom stereocenters. The van der Waals surface area contributed by atoms with Crippen LogP contribution in [-0.2, 0) is 15.0 Å². The fourth-order valence-electron chi connectivity index (χ4n) is 2.66. The topological polar surface area (TPSA) is 58.2 Å². The number of carbonyl (C=O) groups excluding carboxylic acids is 2. The number of thioether (sulfide) groups is 1. The van der Waals surface area contributed by atoms with Crippen LogP contribution in [0.15, 0.2) is 53.4 Å². The van der Waals surface area contributed by atoms with Crippen LogP contribution >= 0.6 is 11.8 Å². The maximum atomic E-state index is 12.3. The molecule has 1 unspecified atom stereocenters. The van der Waals surface area contributed by atoms with E-state index in [1.807, 2.05) is 31.2 Å². The van der Waals surface area contributed by atoms with E-state index in [1.165, 1.54) is 24.2 Å². The molecule has 0 fully saturated rings. The molecule has 0 saturated carbocycles. The van der Waals surface area contributed by atoms with Crippen LogP contribution in [0, 0.1) is 0 Å². The summed E-state index contributed by atoms with van der Waals surface area (Å²) in [6.45, 7) is 9.97. The third-order valence-electron chi connectivity index (χ3n) is 4.17. The van der Waals surface area contributed by atoms with Gasteiger partial charge in [-0.2, -0.15) is 0 Å². The summed E-state index contributed by atoms with van der Waals surface area (Å²) >= 11 is 1.53. The molecule has 27 heavy (non-hydrogen) atoms. The quantitative estimate of drug-likeness (QED) is 0.696. The van der Waals surface area contributed by atoms with Gasteiger partial charge in [-0.05, 0) is 47.7 Å². The van der Waals surface area contributed by atoms with Gasteiger partial charge in [0.1, 0.15) is 0 Å². The van der Waals surface area contributed by atoms with Crippen LogP contribution in [0.5, 0.6) is 0 Å². The highest BCUT2D eigenvalue weighted by Crippen LogP contribution is 2.25. The third kappa shape index (κ3) is 6.75. The Morgan fingerprint density at radius 2 is 1.74 bits per heavy atom. The van der Waals surface area contributed by atoms with Gasteiger partial charge < -0.3 is 10.6 Å². The van der Waals surface area contributed by atoms with E-state index < -0.39 is 0 Å². The lowest BCUT2D eigenvalue weighted by molar-refractivity contribution is -0.119. The zero-order chi connectivity index (χ0) is 20.0. The number of rotatable bonds is 6. The molecular weight excluding hydrogens is 356 g/mol. The second-order valence-corrected chi connectivity index (χ2v) is 8.71. The molecule has 0 bridgehead atoms. The van der Waals surface area contributed by atoms with Gasteiger partial charge in [-0.15, -0.1) is 11.8 Å². The Balaban J connectivity index is 1.89. The lowest BCUT2D eigenvalue weighted by Crippen LogP contribution is -2.28. The molecular formula is C22H28N2O2S. The highest BCUT2D eigenvalue weighted by molar-refractivity contribution is 8.00. The zero-order valence-corrected chi connectivity index (χ0v) is 17.4. The number of hydrogen-bond acceptors (Lipinski definition) is 3. The van der Waals surface area contributed by atoms with Crippen molar-refractivity contribution in [1.82, 2.24) is 5.32 Å². The van der Waals surface area contributed by atoms with Gasteiger partial charge in [0.25, 0.3) is 0 Å². The summed E-state index contributed by atoms with van der Waals surface area (Å²) in [5.41, 5.74) is 3.09. The van der Waals surface area contributed by atoms with Crippen LogP contribution in [0.3, 0.4) is 0 Å². The normalized spacial score (nSPS) is 12.3. The largest absolute Gasteiger partial charge is 0.349 e. The van der Waals surface area contributed by atoms with Gasteiger partial charge >= 0.3 is 0 Å². The van der Waals surface area contributed by atoms with Crippen molar-refractivity contribution in [1.29, 1.82) is 0 Å². The maximum absolute atomic E-state index is 12.3. The Kier molecular flexibility index (Phi) is 7.08. The highest BCUT2D eigenvalue weighted by atomic mass is 32.2. The first-order valence-electron chi connectivity index (χ1n) is 9.05. The fraction of sp³-hybridized carbons (Fsp3) is 0.364. The predicted molar refractivity (Wildman–Crippen MR) is 113 cm³/mol. The molecule has 2 amide bonds. The van der Waals surface area contributed by atoms with Gasteiger partial charge in [-0.3, -0.25) is 9.59 Å². The van der Waals surface area contributed by atoms with Gasteiger partial charge in [-0.25, -0.2) is 0 Å². The molecule has 2 aromatic carbocycles. The minimum absolute atomic E-state index is 0.0164. The molecule has 0 aliphatic carbocycles. The molecule has 0 heterocycles. The van der Waals surface area contributed by atoms with E-state index in [1.54, 1.807) is 0 Å². The van der Waals surface area contributed by atoms with E-state index in [-0.39, 0.29) is 23.3 Å². The molecule has 0 saturated heterocycles. The first-order valence-corrected chi connectivity index (χ1v) is 10.0. The summed E-state index contributed by atoms with van der Waals surface area (Å²) in [7, 11) is 0. The summed E-state index contributed by atoms with van der Waals surface area (Å²) in [4.78, 5) is 24.6. The van der Waals surface area contributed by atoms with Crippen molar-refractivity contribution in [2.75, 3.05) is 11.1 Å². The Morgan fingerprint density at radius 3 is 2.33 bits per heavy atom. The van der Waals surface area contributed by atoms with Crippen LogP contribution in [-0.4, -0.2) is 17.6 Å².